The average Bonchev–Trinajstić information content (AvgIpc) is 2.97. The van der Waals surface area contributed by atoms with Crippen LogP contribution in [0.3, 0.4) is 0 Å². The van der Waals surface area contributed by atoms with E-state index in [1.165, 1.54) is 28.1 Å². The van der Waals surface area contributed by atoms with Gasteiger partial charge in [-0.2, -0.15) is 0 Å². The Balaban J connectivity index is 2.03. The van der Waals surface area contributed by atoms with Gasteiger partial charge in [-0.1, -0.05) is 37.6 Å². The highest BCUT2D eigenvalue weighted by atomic mass is 32.1. The summed E-state index contributed by atoms with van der Waals surface area (Å²) in [6.45, 7) is 5.02. The molecule has 0 saturated heterocycles. The number of nitrogens with zero attached hydrogens (tertiary/aromatic N) is 2. The fourth-order valence-electron chi connectivity index (χ4n) is 2.73. The predicted octanol–water partition coefficient (Wildman–Crippen LogP) is 3.82. The standard InChI is InChI=1S/C17H21N3S/c1-3-4-13-5-7-14(8-6-13)16-12(2)21-17-19-15(9-10-18)11-20(16)17/h5-8,11H,3-4,9-10,18H2,1-2H3. The molecule has 21 heavy (non-hydrogen) atoms. The molecule has 0 unspecified atom stereocenters. The van der Waals surface area contributed by atoms with Crippen LogP contribution in [0.5, 0.6) is 0 Å². The first-order valence-corrected chi connectivity index (χ1v) is 8.31. The third-order valence-corrected chi connectivity index (χ3v) is 4.68. The van der Waals surface area contributed by atoms with Crippen molar-refractivity contribution < 1.29 is 0 Å². The van der Waals surface area contributed by atoms with Crippen molar-refractivity contribution in [1.29, 1.82) is 0 Å². The first-order chi connectivity index (χ1) is 10.2. The molecule has 2 heterocycles. The highest BCUT2D eigenvalue weighted by Crippen LogP contribution is 2.31. The minimum atomic E-state index is 0.644. The lowest BCUT2D eigenvalue weighted by atomic mass is 10.1. The Bertz CT molecular complexity index is 737. The largest absolute Gasteiger partial charge is 0.330 e. The highest BCUT2D eigenvalue weighted by molar-refractivity contribution is 7.17. The first kappa shape index (κ1) is 14.3. The number of hydrogen-bond acceptors (Lipinski definition) is 3. The van der Waals surface area contributed by atoms with Gasteiger partial charge < -0.3 is 5.73 Å². The molecule has 2 aromatic heterocycles. The van der Waals surface area contributed by atoms with Crippen LogP contribution in [-0.2, 0) is 12.8 Å². The summed E-state index contributed by atoms with van der Waals surface area (Å²) in [5.74, 6) is 0. The summed E-state index contributed by atoms with van der Waals surface area (Å²) in [4.78, 5) is 7.02. The molecule has 0 amide bonds. The van der Waals surface area contributed by atoms with E-state index in [1.54, 1.807) is 11.3 Å². The summed E-state index contributed by atoms with van der Waals surface area (Å²) in [7, 11) is 0. The molecule has 110 valence electrons. The third kappa shape index (κ3) is 2.74. The highest BCUT2D eigenvalue weighted by Gasteiger charge is 2.13. The van der Waals surface area contributed by atoms with E-state index in [-0.39, 0.29) is 0 Å². The topological polar surface area (TPSA) is 43.3 Å². The van der Waals surface area contributed by atoms with Crippen molar-refractivity contribution in [2.75, 3.05) is 6.54 Å². The second-order valence-electron chi connectivity index (χ2n) is 5.38. The van der Waals surface area contributed by atoms with Gasteiger partial charge in [0.2, 0.25) is 0 Å². The van der Waals surface area contributed by atoms with Gasteiger partial charge in [0, 0.05) is 17.5 Å². The van der Waals surface area contributed by atoms with Crippen LogP contribution < -0.4 is 5.73 Å². The summed E-state index contributed by atoms with van der Waals surface area (Å²) in [6.07, 6.45) is 5.29. The Hall–Kier alpha value is -1.65. The fourth-order valence-corrected chi connectivity index (χ4v) is 3.72. The van der Waals surface area contributed by atoms with Crippen molar-refractivity contribution in [3.8, 4) is 11.3 Å². The molecule has 3 rings (SSSR count). The summed E-state index contributed by atoms with van der Waals surface area (Å²) >= 11 is 1.75. The van der Waals surface area contributed by atoms with Gasteiger partial charge in [0.15, 0.2) is 4.96 Å². The Kier molecular flexibility index (Phi) is 4.08. The zero-order valence-electron chi connectivity index (χ0n) is 12.6. The maximum Gasteiger partial charge on any atom is 0.194 e. The first-order valence-electron chi connectivity index (χ1n) is 7.49. The number of rotatable bonds is 5. The van der Waals surface area contributed by atoms with Gasteiger partial charge in [-0.25, -0.2) is 4.98 Å². The van der Waals surface area contributed by atoms with Crippen LogP contribution in [0.25, 0.3) is 16.2 Å². The Morgan fingerprint density at radius 1 is 1.19 bits per heavy atom. The zero-order valence-corrected chi connectivity index (χ0v) is 13.4. The predicted molar refractivity (Wildman–Crippen MR) is 90.0 cm³/mol. The molecule has 0 atom stereocenters. The molecule has 1 aromatic carbocycles. The van der Waals surface area contributed by atoms with Gasteiger partial charge in [-0.15, -0.1) is 11.3 Å². The normalized spacial score (nSPS) is 11.4. The fraction of sp³-hybridized carbons (Fsp3) is 0.353. The lowest BCUT2D eigenvalue weighted by Crippen LogP contribution is -2.02. The second-order valence-corrected chi connectivity index (χ2v) is 6.56. The van der Waals surface area contributed by atoms with E-state index in [0.717, 1.165) is 23.5 Å². The molecule has 0 bridgehead atoms. The van der Waals surface area contributed by atoms with Crippen molar-refractivity contribution >= 4 is 16.3 Å². The Morgan fingerprint density at radius 2 is 1.95 bits per heavy atom. The molecule has 0 saturated carbocycles. The molecule has 3 aromatic rings. The number of imidazole rings is 1. The number of aromatic nitrogens is 2. The number of hydrogen-bond donors (Lipinski definition) is 1. The van der Waals surface area contributed by atoms with Crippen LogP contribution in [-0.4, -0.2) is 15.9 Å². The molecule has 3 nitrogen and oxygen atoms in total. The Morgan fingerprint density at radius 3 is 2.62 bits per heavy atom. The molecule has 0 spiro atoms. The molecule has 0 aliphatic heterocycles. The minimum absolute atomic E-state index is 0.644. The monoisotopic (exact) mass is 299 g/mol. The summed E-state index contributed by atoms with van der Waals surface area (Å²) in [5, 5.41) is 0. The molecule has 2 N–H and O–H groups in total. The van der Waals surface area contributed by atoms with Gasteiger partial charge in [0.05, 0.1) is 11.4 Å². The number of thiazole rings is 1. The van der Waals surface area contributed by atoms with Gasteiger partial charge in [-0.05, 0) is 31.0 Å². The van der Waals surface area contributed by atoms with E-state index >= 15 is 0 Å². The maximum absolute atomic E-state index is 5.63. The van der Waals surface area contributed by atoms with Crippen LogP contribution in [0.4, 0.5) is 0 Å². The zero-order chi connectivity index (χ0) is 14.8. The van der Waals surface area contributed by atoms with Crippen molar-refractivity contribution in [2.24, 2.45) is 5.73 Å². The van der Waals surface area contributed by atoms with Crippen LogP contribution in [0.2, 0.25) is 0 Å². The van der Waals surface area contributed by atoms with E-state index in [4.69, 9.17) is 5.73 Å². The Labute approximate surface area is 129 Å². The molecule has 0 radical (unpaired) electrons. The molecular formula is C17H21N3S. The van der Waals surface area contributed by atoms with Crippen molar-refractivity contribution in [3.05, 3.63) is 46.6 Å². The van der Waals surface area contributed by atoms with Gasteiger partial charge in [-0.3, -0.25) is 4.40 Å². The van der Waals surface area contributed by atoms with Gasteiger partial charge in [0.1, 0.15) is 0 Å². The number of fused-ring (bicyclic) bond motifs is 1. The third-order valence-electron chi connectivity index (χ3n) is 3.71. The van der Waals surface area contributed by atoms with Crippen LogP contribution in [0, 0.1) is 6.92 Å². The van der Waals surface area contributed by atoms with E-state index in [9.17, 15) is 0 Å². The molecule has 0 fully saturated rings. The van der Waals surface area contributed by atoms with Crippen LogP contribution in [0.15, 0.2) is 30.5 Å². The van der Waals surface area contributed by atoms with Crippen molar-refractivity contribution in [1.82, 2.24) is 9.38 Å². The number of benzene rings is 1. The average molecular weight is 299 g/mol. The second kappa shape index (κ2) is 6.00. The molecular weight excluding hydrogens is 278 g/mol. The minimum Gasteiger partial charge on any atom is -0.330 e. The summed E-state index contributed by atoms with van der Waals surface area (Å²) in [5.41, 5.74) is 10.6. The molecule has 0 aliphatic rings. The quantitative estimate of drug-likeness (QED) is 0.778. The summed E-state index contributed by atoms with van der Waals surface area (Å²) in [6, 6.07) is 8.92. The number of nitrogens with two attached hydrogens (primary N) is 1. The van der Waals surface area contributed by atoms with Gasteiger partial charge in [0.25, 0.3) is 0 Å². The van der Waals surface area contributed by atoms with Gasteiger partial charge >= 0.3 is 0 Å². The molecule has 4 heteroatoms. The molecule has 0 aliphatic carbocycles. The smallest absolute Gasteiger partial charge is 0.194 e. The lowest BCUT2D eigenvalue weighted by Gasteiger charge is -2.04. The summed E-state index contributed by atoms with van der Waals surface area (Å²) < 4.78 is 2.21. The lowest BCUT2D eigenvalue weighted by molar-refractivity contribution is 0.922. The number of aryl methyl sites for hydroxylation is 2. The van der Waals surface area contributed by atoms with E-state index in [2.05, 4.69) is 53.7 Å². The van der Waals surface area contributed by atoms with E-state index in [1.807, 2.05) is 0 Å². The van der Waals surface area contributed by atoms with Crippen LogP contribution in [0.1, 0.15) is 29.5 Å². The van der Waals surface area contributed by atoms with E-state index < -0.39 is 0 Å². The SMILES string of the molecule is CCCc1ccc(-c2c(C)sc3nc(CCN)cn23)cc1. The maximum atomic E-state index is 5.63. The van der Waals surface area contributed by atoms with Crippen LogP contribution >= 0.6 is 11.3 Å². The van der Waals surface area contributed by atoms with Crippen molar-refractivity contribution in [2.45, 2.75) is 33.1 Å². The van der Waals surface area contributed by atoms with Crippen molar-refractivity contribution in [3.63, 3.8) is 0 Å². The van der Waals surface area contributed by atoms with E-state index in [0.29, 0.717) is 6.54 Å².